The first kappa shape index (κ1) is 23.2. The van der Waals surface area contributed by atoms with Gasteiger partial charge in [0.05, 0.1) is 0 Å². The van der Waals surface area contributed by atoms with E-state index in [1.54, 1.807) is 0 Å². The van der Waals surface area contributed by atoms with Crippen LogP contribution in [0.3, 0.4) is 0 Å². The van der Waals surface area contributed by atoms with Crippen LogP contribution in [0.4, 0.5) is 0 Å². The second-order valence-electron chi connectivity index (χ2n) is 8.32. The molecule has 0 saturated heterocycles. The fourth-order valence-corrected chi connectivity index (χ4v) is 11.9. The number of halogens is 1. The van der Waals surface area contributed by atoms with Crippen LogP contribution >= 0.6 is 26.8 Å². The molecule has 0 aliphatic carbocycles. The Bertz CT molecular complexity index is 1030. The third-order valence-electron chi connectivity index (χ3n) is 6.39. The van der Waals surface area contributed by atoms with Crippen LogP contribution in [0.5, 0.6) is 0 Å². The summed E-state index contributed by atoms with van der Waals surface area (Å²) in [6, 6.07) is 40.1. The van der Waals surface area contributed by atoms with Gasteiger partial charge >= 0.3 is 199 Å². The molecule has 32 heavy (non-hydrogen) atoms. The number of hydrogen-bond acceptors (Lipinski definition) is 1. The van der Waals surface area contributed by atoms with Gasteiger partial charge in [-0.05, 0) is 0 Å². The van der Waals surface area contributed by atoms with Crippen molar-refractivity contribution in [2.24, 2.45) is 0 Å². The Labute approximate surface area is 198 Å². The normalized spacial score (nSPS) is 13.8. The molecule has 4 heteroatoms. The average Bonchev–Trinajstić information content (AvgIpc) is 2.86. The third-order valence-corrected chi connectivity index (χ3v) is 15.8. The molecule has 4 rings (SSSR count). The summed E-state index contributed by atoms with van der Waals surface area (Å²) >= 11 is 6.02. The Morgan fingerprint density at radius 2 is 1.06 bits per heavy atom. The van der Waals surface area contributed by atoms with Crippen molar-refractivity contribution in [3.05, 3.63) is 126 Å². The minimum absolute atomic E-state index is 0.506. The van der Waals surface area contributed by atoms with Crippen LogP contribution in [0.25, 0.3) is 0 Å². The summed E-state index contributed by atoms with van der Waals surface area (Å²) in [6.45, 7) is 0. The molecule has 1 nitrogen and oxygen atoms in total. The van der Waals surface area contributed by atoms with E-state index >= 15 is 0 Å². The molecular formula is C28H29ClOP2. The third kappa shape index (κ3) is 4.41. The van der Waals surface area contributed by atoms with Gasteiger partial charge in [0.2, 0.25) is 0 Å². The summed E-state index contributed by atoms with van der Waals surface area (Å²) in [7, 11) is 3.37. The van der Waals surface area contributed by atoms with Crippen LogP contribution < -0.4 is 15.9 Å². The van der Waals surface area contributed by atoms with E-state index in [2.05, 4.69) is 99.9 Å². The van der Waals surface area contributed by atoms with Gasteiger partial charge in [0.15, 0.2) is 0 Å². The number of rotatable bonds is 8. The summed E-state index contributed by atoms with van der Waals surface area (Å²) in [5.41, 5.74) is 0.914. The van der Waals surface area contributed by atoms with Gasteiger partial charge in [-0.25, -0.2) is 0 Å². The number of aliphatic hydroxyl groups excluding tert-OH is 1. The molecule has 0 aromatic heterocycles. The fraction of sp³-hybridized carbons (Fsp3) is 0.143. The van der Waals surface area contributed by atoms with Crippen molar-refractivity contribution in [3.63, 3.8) is 0 Å². The molecule has 0 bridgehead atoms. The molecule has 0 radical (unpaired) electrons. The number of aliphatic hydroxyl groups is 1. The van der Waals surface area contributed by atoms with E-state index in [-0.39, 0.29) is 0 Å². The molecule has 4 aromatic carbocycles. The van der Waals surface area contributed by atoms with E-state index in [0.717, 1.165) is 18.1 Å². The van der Waals surface area contributed by atoms with E-state index in [1.165, 1.54) is 15.9 Å². The Morgan fingerprint density at radius 3 is 1.47 bits per heavy atom. The number of hydrogen-bond donors (Lipinski definition) is 1. The molecule has 4 aromatic rings. The van der Waals surface area contributed by atoms with Gasteiger partial charge in [0, 0.05) is 0 Å². The second-order valence-corrected chi connectivity index (χ2v) is 16.9. The summed E-state index contributed by atoms with van der Waals surface area (Å²) < 4.78 is 0. The van der Waals surface area contributed by atoms with Gasteiger partial charge in [-0.2, -0.15) is 0 Å². The van der Waals surface area contributed by atoms with E-state index in [1.807, 2.05) is 24.3 Å². The van der Waals surface area contributed by atoms with Crippen LogP contribution in [0.1, 0.15) is 24.5 Å². The summed E-state index contributed by atoms with van der Waals surface area (Å²) in [6.07, 6.45) is -0.793. The molecule has 0 saturated carbocycles. The first-order chi connectivity index (χ1) is 15.5. The van der Waals surface area contributed by atoms with E-state index in [4.69, 9.17) is 11.6 Å². The van der Waals surface area contributed by atoms with Gasteiger partial charge in [-0.15, -0.1) is 0 Å². The van der Waals surface area contributed by atoms with Crippen molar-refractivity contribution < 1.29 is 5.11 Å². The average molecular weight is 479 g/mol. The predicted molar refractivity (Wildman–Crippen MR) is 145 cm³/mol. The van der Waals surface area contributed by atoms with Crippen LogP contribution in [-0.2, 0) is 0 Å². The Morgan fingerprint density at radius 1 is 0.656 bits per heavy atom. The van der Waals surface area contributed by atoms with Crippen LogP contribution in [-0.4, -0.2) is 11.3 Å². The monoisotopic (exact) mass is 478 g/mol. The molecule has 2 atom stereocenters. The molecule has 0 spiro atoms. The quantitative estimate of drug-likeness (QED) is 0.288. The summed E-state index contributed by atoms with van der Waals surface area (Å²) in [5.74, 6) is 0. The molecule has 0 aliphatic heterocycles. The molecule has 0 aliphatic rings. The van der Waals surface area contributed by atoms with Crippen molar-refractivity contribution in [3.8, 4) is 0 Å². The predicted octanol–water partition coefficient (Wildman–Crippen LogP) is 6.47. The van der Waals surface area contributed by atoms with E-state index < -0.39 is 12.4 Å². The van der Waals surface area contributed by atoms with Gasteiger partial charge in [-0.3, -0.25) is 0 Å². The van der Waals surface area contributed by atoms with Crippen LogP contribution in [0, 0.1) is 0 Å². The first-order valence-electron chi connectivity index (χ1n) is 10.9. The van der Waals surface area contributed by atoms with Crippen molar-refractivity contribution in [1.29, 1.82) is 0 Å². The number of benzene rings is 4. The molecule has 0 amide bonds. The van der Waals surface area contributed by atoms with Crippen molar-refractivity contribution >= 4 is 42.7 Å². The zero-order valence-electron chi connectivity index (χ0n) is 18.0. The van der Waals surface area contributed by atoms with Crippen LogP contribution in [0.2, 0.25) is 5.02 Å². The summed E-state index contributed by atoms with van der Waals surface area (Å²) in [4.78, 5) is 0. The van der Waals surface area contributed by atoms with Crippen LogP contribution in [0.15, 0.2) is 115 Å². The van der Waals surface area contributed by atoms with E-state index in [9.17, 15) is 5.11 Å². The first-order valence-corrected chi connectivity index (χ1v) is 15.4. The molecule has 1 N–H and O–H groups in total. The SMILES string of the molecule is OC(CCCP(P)(c1ccccc1)(c1ccccc1)c1ccccc1)c1ccc(Cl)cc1. The maximum atomic E-state index is 10.9. The van der Waals surface area contributed by atoms with Gasteiger partial charge in [0.25, 0.3) is 0 Å². The van der Waals surface area contributed by atoms with Crippen molar-refractivity contribution in [2.45, 2.75) is 18.9 Å². The fourth-order valence-electron chi connectivity index (χ4n) is 4.60. The molecule has 0 fully saturated rings. The van der Waals surface area contributed by atoms with Gasteiger partial charge in [0.1, 0.15) is 0 Å². The van der Waals surface area contributed by atoms with E-state index in [0.29, 0.717) is 11.4 Å². The molecular weight excluding hydrogens is 450 g/mol. The second kappa shape index (κ2) is 9.86. The Balaban J connectivity index is 1.76. The minimum atomic E-state index is -2.83. The Kier molecular flexibility index (Phi) is 7.14. The van der Waals surface area contributed by atoms with Gasteiger partial charge in [-0.1, -0.05) is 0 Å². The zero-order valence-corrected chi connectivity index (χ0v) is 20.8. The maximum absolute atomic E-state index is 10.9. The topological polar surface area (TPSA) is 20.2 Å². The zero-order chi connectivity index (χ0) is 22.5. The molecule has 2 unspecified atom stereocenters. The standard InChI is InChI=1S/C28H29ClOP2/c29-24-20-18-23(19-21-24)28(30)17-10-22-32(31,25-11-4-1-5-12-25,26-13-6-2-7-14-26)27-15-8-3-9-16-27/h1-9,11-16,18-21,28,30H,10,17,22,31H2. The Hall–Kier alpha value is -2.01. The summed E-state index contributed by atoms with van der Waals surface area (Å²) in [5, 5.41) is 15.6. The molecule has 0 heterocycles. The van der Waals surface area contributed by atoms with Gasteiger partial charge < -0.3 is 0 Å². The van der Waals surface area contributed by atoms with Crippen molar-refractivity contribution in [1.82, 2.24) is 0 Å². The van der Waals surface area contributed by atoms with Crippen molar-refractivity contribution in [2.75, 3.05) is 6.16 Å². The molecule has 164 valence electrons.